The van der Waals surface area contributed by atoms with Crippen LogP contribution in [0.4, 0.5) is 5.69 Å². The molecule has 2 fully saturated rings. The van der Waals surface area contributed by atoms with Gasteiger partial charge in [-0.25, -0.2) is 4.98 Å². The van der Waals surface area contributed by atoms with Gasteiger partial charge in [-0.3, -0.25) is 9.69 Å². The third-order valence-electron chi connectivity index (χ3n) is 6.84. The zero-order valence-electron chi connectivity index (χ0n) is 18.8. The standard InChI is InChI=1S/C24H32Cl2N4O2/c1-16-13-20(25)22(26)21(14-16)30-11-10-29(15-17(30)2)9-7-18-3-5-19(6-4-18)28-23(31)24-27-8-12-32-24/h8,12-14,17-19H,3-7,9-11,15H2,1-2H3,(H,28,31)/t17-,18-,19-/m1/s1. The maximum Gasteiger partial charge on any atom is 0.307 e. The highest BCUT2D eigenvalue weighted by Crippen LogP contribution is 2.36. The van der Waals surface area contributed by atoms with E-state index in [1.54, 1.807) is 0 Å². The Morgan fingerprint density at radius 2 is 2.00 bits per heavy atom. The summed E-state index contributed by atoms with van der Waals surface area (Å²) < 4.78 is 5.08. The Bertz CT molecular complexity index is 913. The van der Waals surface area contributed by atoms with E-state index in [0.29, 0.717) is 16.1 Å². The van der Waals surface area contributed by atoms with Crippen LogP contribution in [-0.4, -0.2) is 54.1 Å². The fourth-order valence-corrected chi connectivity index (χ4v) is 5.54. The van der Waals surface area contributed by atoms with Gasteiger partial charge in [0.2, 0.25) is 0 Å². The van der Waals surface area contributed by atoms with E-state index in [9.17, 15) is 4.79 Å². The minimum Gasteiger partial charge on any atom is -0.441 e. The van der Waals surface area contributed by atoms with Gasteiger partial charge in [-0.1, -0.05) is 23.2 Å². The fourth-order valence-electron chi connectivity index (χ4n) is 5.05. The monoisotopic (exact) mass is 478 g/mol. The zero-order valence-corrected chi connectivity index (χ0v) is 20.3. The Labute approximate surface area is 200 Å². The van der Waals surface area contributed by atoms with Crippen LogP contribution < -0.4 is 10.2 Å². The summed E-state index contributed by atoms with van der Waals surface area (Å²) >= 11 is 12.8. The van der Waals surface area contributed by atoms with Crippen LogP contribution in [-0.2, 0) is 0 Å². The normalized spacial score (nSPS) is 24.5. The topological polar surface area (TPSA) is 61.6 Å². The number of hydrogen-bond donors (Lipinski definition) is 1. The molecule has 1 amide bonds. The van der Waals surface area contributed by atoms with Crippen LogP contribution in [0, 0.1) is 12.8 Å². The summed E-state index contributed by atoms with van der Waals surface area (Å²) in [6, 6.07) is 4.67. The van der Waals surface area contributed by atoms with E-state index in [4.69, 9.17) is 27.6 Å². The number of hydrogen-bond acceptors (Lipinski definition) is 5. The lowest BCUT2D eigenvalue weighted by atomic mass is 9.84. The number of aromatic nitrogens is 1. The fraction of sp³-hybridized carbons (Fsp3) is 0.583. The summed E-state index contributed by atoms with van der Waals surface area (Å²) in [5.74, 6) is 0.665. The van der Waals surface area contributed by atoms with Crippen molar-refractivity contribution in [2.24, 2.45) is 5.92 Å². The Hall–Kier alpha value is -1.76. The highest BCUT2D eigenvalue weighted by molar-refractivity contribution is 6.43. The second-order valence-corrected chi connectivity index (χ2v) is 10.0. The van der Waals surface area contributed by atoms with Gasteiger partial charge >= 0.3 is 5.91 Å². The number of halogens is 2. The molecule has 2 heterocycles. The number of oxazole rings is 1. The first-order chi connectivity index (χ1) is 15.4. The van der Waals surface area contributed by atoms with E-state index in [1.165, 1.54) is 18.9 Å². The van der Waals surface area contributed by atoms with Gasteiger partial charge in [-0.2, -0.15) is 0 Å². The van der Waals surface area contributed by atoms with Crippen LogP contribution >= 0.6 is 23.2 Å². The molecule has 4 rings (SSSR count). The molecule has 0 spiro atoms. The van der Waals surface area contributed by atoms with Crippen molar-refractivity contribution in [3.05, 3.63) is 46.1 Å². The third kappa shape index (κ3) is 5.59. The molecule has 1 atom stereocenters. The summed E-state index contributed by atoms with van der Waals surface area (Å²) in [7, 11) is 0. The lowest BCUT2D eigenvalue weighted by molar-refractivity contribution is 0.0884. The molecule has 1 aromatic heterocycles. The molecule has 1 aliphatic heterocycles. The van der Waals surface area contributed by atoms with Gasteiger partial charge in [0.05, 0.1) is 21.9 Å². The van der Waals surface area contributed by atoms with Crippen LogP contribution in [0.25, 0.3) is 0 Å². The largest absolute Gasteiger partial charge is 0.441 e. The molecule has 1 aromatic carbocycles. The minimum absolute atomic E-state index is 0.148. The Morgan fingerprint density at radius 3 is 2.69 bits per heavy atom. The number of nitrogens with one attached hydrogen (secondary N) is 1. The van der Waals surface area contributed by atoms with E-state index in [0.717, 1.165) is 69.0 Å². The van der Waals surface area contributed by atoms with Crippen molar-refractivity contribution >= 4 is 34.8 Å². The van der Waals surface area contributed by atoms with E-state index >= 15 is 0 Å². The van der Waals surface area contributed by atoms with E-state index in [2.05, 4.69) is 40.0 Å². The van der Waals surface area contributed by atoms with E-state index < -0.39 is 0 Å². The molecule has 174 valence electrons. The van der Waals surface area contributed by atoms with Crippen LogP contribution in [0.5, 0.6) is 0 Å². The summed E-state index contributed by atoms with van der Waals surface area (Å²) in [4.78, 5) is 21.0. The number of amides is 1. The van der Waals surface area contributed by atoms with Gasteiger partial charge in [-0.15, -0.1) is 0 Å². The zero-order chi connectivity index (χ0) is 22.7. The van der Waals surface area contributed by atoms with Crippen molar-refractivity contribution in [2.75, 3.05) is 31.1 Å². The minimum atomic E-state index is -0.208. The van der Waals surface area contributed by atoms with Gasteiger partial charge in [0.25, 0.3) is 5.89 Å². The van der Waals surface area contributed by atoms with E-state index in [1.807, 2.05) is 6.07 Å². The third-order valence-corrected chi connectivity index (χ3v) is 7.63. The molecule has 32 heavy (non-hydrogen) atoms. The molecular weight excluding hydrogens is 447 g/mol. The number of anilines is 1. The lowest BCUT2D eigenvalue weighted by Crippen LogP contribution is -2.52. The highest BCUT2D eigenvalue weighted by atomic mass is 35.5. The molecule has 1 saturated carbocycles. The Balaban J connectivity index is 1.20. The second-order valence-electron chi connectivity index (χ2n) is 9.24. The van der Waals surface area contributed by atoms with Crippen molar-refractivity contribution in [3.63, 3.8) is 0 Å². The molecule has 0 bridgehead atoms. The molecule has 1 aliphatic carbocycles. The number of benzene rings is 1. The first-order valence-electron chi connectivity index (χ1n) is 11.6. The number of nitrogens with zero attached hydrogens (tertiary/aromatic N) is 3. The first kappa shape index (κ1) is 23.4. The molecular formula is C24H32Cl2N4O2. The van der Waals surface area contributed by atoms with Gasteiger partial charge in [0.1, 0.15) is 6.26 Å². The van der Waals surface area contributed by atoms with Gasteiger partial charge < -0.3 is 14.6 Å². The number of carbonyl (C=O) groups is 1. The molecule has 1 N–H and O–H groups in total. The molecule has 0 unspecified atom stereocenters. The maximum atomic E-state index is 12.1. The van der Waals surface area contributed by atoms with Crippen LogP contribution in [0.15, 0.2) is 29.0 Å². The number of carbonyl (C=O) groups excluding carboxylic acids is 1. The van der Waals surface area contributed by atoms with Crippen molar-refractivity contribution < 1.29 is 9.21 Å². The van der Waals surface area contributed by atoms with Crippen LogP contribution in [0.3, 0.4) is 0 Å². The number of rotatable bonds is 6. The lowest BCUT2D eigenvalue weighted by Gasteiger charge is -2.42. The quantitative estimate of drug-likeness (QED) is 0.619. The van der Waals surface area contributed by atoms with Crippen molar-refractivity contribution in [1.29, 1.82) is 0 Å². The van der Waals surface area contributed by atoms with Crippen molar-refractivity contribution in [1.82, 2.24) is 15.2 Å². The summed E-state index contributed by atoms with van der Waals surface area (Å²) in [6.07, 6.45) is 8.49. The van der Waals surface area contributed by atoms with Gasteiger partial charge in [0, 0.05) is 31.7 Å². The van der Waals surface area contributed by atoms with Crippen LogP contribution in [0.2, 0.25) is 10.0 Å². The second kappa shape index (κ2) is 10.4. The Kier molecular flexibility index (Phi) is 7.64. The smallest absolute Gasteiger partial charge is 0.307 e. The highest BCUT2D eigenvalue weighted by Gasteiger charge is 2.28. The summed E-state index contributed by atoms with van der Waals surface area (Å²) in [5, 5.41) is 4.34. The molecule has 6 nitrogen and oxygen atoms in total. The maximum absolute atomic E-state index is 12.1. The molecule has 0 radical (unpaired) electrons. The molecule has 8 heteroatoms. The van der Waals surface area contributed by atoms with Crippen LogP contribution in [0.1, 0.15) is 55.3 Å². The first-order valence-corrected chi connectivity index (χ1v) is 12.3. The average Bonchev–Trinajstić information content (AvgIpc) is 3.31. The molecule has 2 aliphatic rings. The molecule has 1 saturated heterocycles. The number of aryl methyl sites for hydroxylation is 1. The van der Waals surface area contributed by atoms with Crippen molar-refractivity contribution in [3.8, 4) is 0 Å². The Morgan fingerprint density at radius 1 is 1.22 bits per heavy atom. The predicted octanol–water partition coefficient (Wildman–Crippen LogP) is 5.18. The average molecular weight is 479 g/mol. The number of piperazine rings is 1. The predicted molar refractivity (Wildman–Crippen MR) is 129 cm³/mol. The summed E-state index contributed by atoms with van der Waals surface area (Å²) in [6.45, 7) is 8.47. The molecule has 2 aromatic rings. The van der Waals surface area contributed by atoms with E-state index in [-0.39, 0.29) is 17.8 Å². The SMILES string of the molecule is Cc1cc(Cl)c(Cl)c(N2CCN(CC[C@H]3CC[C@H](NC(=O)c4ncco4)CC3)C[C@H]2C)c1. The van der Waals surface area contributed by atoms with Gasteiger partial charge in [-0.05, 0) is 76.1 Å². The van der Waals surface area contributed by atoms with Gasteiger partial charge in [0.15, 0.2) is 0 Å². The summed E-state index contributed by atoms with van der Waals surface area (Å²) in [5.41, 5.74) is 2.19. The van der Waals surface area contributed by atoms with Crippen molar-refractivity contribution in [2.45, 2.75) is 58.0 Å².